The van der Waals surface area contributed by atoms with Gasteiger partial charge < -0.3 is 5.32 Å². The van der Waals surface area contributed by atoms with Crippen LogP contribution in [0.15, 0.2) is 24.3 Å². The Labute approximate surface area is 120 Å². The summed E-state index contributed by atoms with van der Waals surface area (Å²) in [6.45, 7) is 10.2. The van der Waals surface area contributed by atoms with Gasteiger partial charge in [0.05, 0.1) is 4.92 Å². The van der Waals surface area contributed by atoms with Crippen LogP contribution < -0.4 is 5.32 Å². The van der Waals surface area contributed by atoms with Crippen LogP contribution in [0, 0.1) is 15.5 Å². The fraction of sp³-hybridized carbons (Fsp3) is 0.600. The van der Waals surface area contributed by atoms with Crippen molar-refractivity contribution in [2.45, 2.75) is 26.8 Å². The van der Waals surface area contributed by atoms with Crippen molar-refractivity contribution in [2.24, 2.45) is 5.41 Å². The van der Waals surface area contributed by atoms with Crippen LogP contribution in [0.5, 0.6) is 0 Å². The van der Waals surface area contributed by atoms with Gasteiger partial charge in [-0.3, -0.25) is 15.0 Å². The molecular formula is C15H23N3O2. The number of para-hydroxylation sites is 1. The van der Waals surface area contributed by atoms with Crippen LogP contribution in [0.3, 0.4) is 0 Å². The second-order valence-corrected chi connectivity index (χ2v) is 6.37. The van der Waals surface area contributed by atoms with Gasteiger partial charge in [0.1, 0.15) is 0 Å². The van der Waals surface area contributed by atoms with E-state index in [1.165, 1.54) is 0 Å². The predicted molar refractivity (Wildman–Crippen MR) is 79.7 cm³/mol. The summed E-state index contributed by atoms with van der Waals surface area (Å²) in [5, 5.41) is 14.6. The number of hydrogen-bond donors (Lipinski definition) is 1. The highest BCUT2D eigenvalue weighted by molar-refractivity contribution is 5.43. The van der Waals surface area contributed by atoms with E-state index in [9.17, 15) is 10.1 Å². The lowest BCUT2D eigenvalue weighted by molar-refractivity contribution is -0.386. The summed E-state index contributed by atoms with van der Waals surface area (Å²) in [5.74, 6) is 0. The van der Waals surface area contributed by atoms with Gasteiger partial charge in [-0.1, -0.05) is 39.0 Å². The Morgan fingerprint density at radius 3 is 2.40 bits per heavy atom. The first-order chi connectivity index (χ1) is 9.41. The SMILES string of the molecule is CC(C)(C)[C@@H](c1ccccc1[N+](=O)[O-])N1CCNCC1. The molecule has 0 aliphatic carbocycles. The average molecular weight is 277 g/mol. The number of rotatable bonds is 3. The minimum atomic E-state index is -0.268. The lowest BCUT2D eigenvalue weighted by atomic mass is 9.80. The molecule has 1 aliphatic heterocycles. The molecule has 0 bridgehead atoms. The van der Waals surface area contributed by atoms with Crippen molar-refractivity contribution in [1.29, 1.82) is 0 Å². The Morgan fingerprint density at radius 2 is 1.85 bits per heavy atom. The zero-order valence-electron chi connectivity index (χ0n) is 12.4. The highest BCUT2D eigenvalue weighted by Gasteiger charge is 2.36. The first kappa shape index (κ1) is 14.9. The molecule has 20 heavy (non-hydrogen) atoms. The molecule has 1 heterocycles. The molecule has 110 valence electrons. The maximum Gasteiger partial charge on any atom is 0.274 e. The van der Waals surface area contributed by atoms with E-state index >= 15 is 0 Å². The van der Waals surface area contributed by atoms with Crippen molar-refractivity contribution in [3.63, 3.8) is 0 Å². The molecule has 1 atom stereocenters. The van der Waals surface area contributed by atoms with Crippen LogP contribution in [0.2, 0.25) is 0 Å². The summed E-state index contributed by atoms with van der Waals surface area (Å²) in [4.78, 5) is 13.4. The third-order valence-electron chi connectivity index (χ3n) is 3.77. The maximum absolute atomic E-state index is 11.3. The molecule has 0 aromatic heterocycles. The van der Waals surface area contributed by atoms with Crippen LogP contribution in [-0.4, -0.2) is 36.0 Å². The Balaban J connectivity index is 2.44. The second-order valence-electron chi connectivity index (χ2n) is 6.37. The molecule has 0 radical (unpaired) electrons. The van der Waals surface area contributed by atoms with E-state index in [-0.39, 0.29) is 22.1 Å². The fourth-order valence-corrected chi connectivity index (χ4v) is 3.04. The molecule has 1 aromatic rings. The van der Waals surface area contributed by atoms with E-state index in [1.807, 2.05) is 12.1 Å². The van der Waals surface area contributed by atoms with Gasteiger partial charge in [-0.05, 0) is 5.41 Å². The van der Waals surface area contributed by atoms with Crippen molar-refractivity contribution < 1.29 is 4.92 Å². The third-order valence-corrected chi connectivity index (χ3v) is 3.77. The molecule has 1 N–H and O–H groups in total. The largest absolute Gasteiger partial charge is 0.314 e. The Hall–Kier alpha value is -1.46. The summed E-state index contributed by atoms with van der Waals surface area (Å²) in [6, 6.07) is 7.19. The topological polar surface area (TPSA) is 58.4 Å². The predicted octanol–water partition coefficient (Wildman–Crippen LogP) is 2.59. The molecule has 1 aromatic carbocycles. The standard InChI is InChI=1S/C15H23N3O2/c1-15(2,3)14(17-10-8-16-9-11-17)12-6-4-5-7-13(12)18(19)20/h4-7,14,16H,8-11H2,1-3H3/t14-/m1/s1. The van der Waals surface area contributed by atoms with E-state index in [1.54, 1.807) is 12.1 Å². The molecule has 5 heteroatoms. The van der Waals surface area contributed by atoms with E-state index in [4.69, 9.17) is 0 Å². The number of nitro benzene ring substituents is 1. The molecule has 1 saturated heterocycles. The summed E-state index contributed by atoms with van der Waals surface area (Å²) in [6.07, 6.45) is 0. The Kier molecular flexibility index (Phi) is 4.40. The van der Waals surface area contributed by atoms with Crippen molar-refractivity contribution in [2.75, 3.05) is 26.2 Å². The van der Waals surface area contributed by atoms with Crippen molar-refractivity contribution in [3.05, 3.63) is 39.9 Å². The van der Waals surface area contributed by atoms with Gasteiger partial charge in [0.2, 0.25) is 0 Å². The molecule has 2 rings (SSSR count). The fourth-order valence-electron chi connectivity index (χ4n) is 3.04. The van der Waals surface area contributed by atoms with Gasteiger partial charge in [0.25, 0.3) is 5.69 Å². The number of hydrogen-bond acceptors (Lipinski definition) is 4. The second kappa shape index (κ2) is 5.89. The minimum absolute atomic E-state index is 0.0521. The van der Waals surface area contributed by atoms with Crippen molar-refractivity contribution >= 4 is 5.69 Å². The van der Waals surface area contributed by atoms with Crippen LogP contribution in [0.25, 0.3) is 0 Å². The quantitative estimate of drug-likeness (QED) is 0.681. The highest BCUT2D eigenvalue weighted by atomic mass is 16.6. The molecule has 0 spiro atoms. The van der Waals surface area contributed by atoms with E-state index in [2.05, 4.69) is 31.0 Å². The van der Waals surface area contributed by atoms with Gasteiger partial charge in [-0.25, -0.2) is 0 Å². The van der Waals surface area contributed by atoms with Gasteiger partial charge in [0, 0.05) is 43.9 Å². The Bertz CT molecular complexity index is 476. The van der Waals surface area contributed by atoms with Crippen LogP contribution >= 0.6 is 0 Å². The number of piperazine rings is 1. The highest BCUT2D eigenvalue weighted by Crippen LogP contribution is 2.41. The summed E-state index contributed by atoms with van der Waals surface area (Å²) in [5.41, 5.74) is 1.00. The first-order valence-corrected chi connectivity index (χ1v) is 7.09. The molecule has 1 fully saturated rings. The lowest BCUT2D eigenvalue weighted by Crippen LogP contribution is -2.48. The molecule has 0 saturated carbocycles. The zero-order chi connectivity index (χ0) is 14.8. The number of benzene rings is 1. The normalized spacial score (nSPS) is 18.8. The first-order valence-electron chi connectivity index (χ1n) is 7.09. The van der Waals surface area contributed by atoms with Gasteiger partial charge in [0.15, 0.2) is 0 Å². The monoisotopic (exact) mass is 277 g/mol. The molecule has 0 unspecified atom stereocenters. The van der Waals surface area contributed by atoms with Crippen LogP contribution in [0.4, 0.5) is 5.69 Å². The molecule has 5 nitrogen and oxygen atoms in total. The van der Waals surface area contributed by atoms with Crippen molar-refractivity contribution in [3.8, 4) is 0 Å². The smallest absolute Gasteiger partial charge is 0.274 e. The van der Waals surface area contributed by atoms with E-state index in [0.717, 1.165) is 31.7 Å². The zero-order valence-corrected chi connectivity index (χ0v) is 12.4. The maximum atomic E-state index is 11.3. The number of nitrogens with one attached hydrogen (secondary N) is 1. The number of nitrogens with zero attached hydrogens (tertiary/aromatic N) is 2. The molecule has 1 aliphatic rings. The summed E-state index contributed by atoms with van der Waals surface area (Å²) < 4.78 is 0. The Morgan fingerprint density at radius 1 is 1.25 bits per heavy atom. The van der Waals surface area contributed by atoms with E-state index < -0.39 is 0 Å². The van der Waals surface area contributed by atoms with Crippen molar-refractivity contribution in [1.82, 2.24) is 10.2 Å². The third kappa shape index (κ3) is 3.16. The average Bonchev–Trinajstić information content (AvgIpc) is 2.39. The molecular weight excluding hydrogens is 254 g/mol. The minimum Gasteiger partial charge on any atom is -0.314 e. The van der Waals surface area contributed by atoms with Crippen LogP contribution in [0.1, 0.15) is 32.4 Å². The number of nitro groups is 1. The van der Waals surface area contributed by atoms with Gasteiger partial charge >= 0.3 is 0 Å². The van der Waals surface area contributed by atoms with Gasteiger partial charge in [-0.2, -0.15) is 0 Å². The lowest BCUT2D eigenvalue weighted by Gasteiger charge is -2.42. The summed E-state index contributed by atoms with van der Waals surface area (Å²) >= 11 is 0. The van der Waals surface area contributed by atoms with Crippen LogP contribution in [-0.2, 0) is 0 Å². The van der Waals surface area contributed by atoms with Gasteiger partial charge in [-0.15, -0.1) is 0 Å². The van der Waals surface area contributed by atoms with E-state index in [0.29, 0.717) is 0 Å². The molecule has 0 amide bonds. The summed E-state index contributed by atoms with van der Waals surface area (Å²) in [7, 11) is 0.